The molecule has 60 heavy (non-hydrogen) atoms. The first-order valence-electron chi connectivity index (χ1n) is 20.3. The SMILES string of the molecule is CCn1c(=O)c(OCC(=O)NC)cc2cc(Cc3nc(N4CCN([C@@H]5C[C@@H](COc6ccc7c(c6)C(=O)N(C6CCC(=O)CC6=O)C7=O)N(C)C5)CC4)ncc3Cl)ccc21. The predicted molar refractivity (Wildman–Crippen MR) is 222 cm³/mol. The van der Waals surface area contributed by atoms with Gasteiger partial charge in [0.25, 0.3) is 23.3 Å². The van der Waals surface area contributed by atoms with Crippen molar-refractivity contribution in [1.29, 1.82) is 0 Å². The predicted octanol–water partition coefficient (Wildman–Crippen LogP) is 2.74. The van der Waals surface area contributed by atoms with Gasteiger partial charge in [0.15, 0.2) is 18.1 Å². The van der Waals surface area contributed by atoms with Crippen LogP contribution in [0.15, 0.2) is 53.5 Å². The fourth-order valence-corrected chi connectivity index (χ4v) is 8.91. The molecule has 3 aliphatic heterocycles. The van der Waals surface area contributed by atoms with E-state index in [4.69, 9.17) is 26.1 Å². The minimum Gasteiger partial charge on any atom is -0.492 e. The van der Waals surface area contributed by atoms with Gasteiger partial charge in [-0.3, -0.25) is 43.5 Å². The van der Waals surface area contributed by atoms with E-state index in [1.165, 1.54) is 7.05 Å². The fraction of sp³-hybridized carbons (Fsp3) is 0.442. The normalized spacial score (nSPS) is 21.2. The topological polar surface area (TPSA) is 177 Å². The first kappa shape index (κ1) is 41.0. The minimum absolute atomic E-state index is 0.109. The first-order valence-corrected chi connectivity index (χ1v) is 20.7. The Balaban J connectivity index is 0.862. The number of Topliss-reactive ketones (excluding diaryl/α,β-unsaturated/α-hetero) is 2. The van der Waals surface area contributed by atoms with E-state index in [1.807, 2.05) is 25.1 Å². The third-order valence-electron chi connectivity index (χ3n) is 12.1. The number of hydrogen-bond donors (Lipinski definition) is 1. The minimum atomic E-state index is -0.909. The molecule has 8 rings (SSSR count). The van der Waals surface area contributed by atoms with Crippen molar-refractivity contribution in [2.24, 2.45) is 0 Å². The largest absolute Gasteiger partial charge is 0.492 e. The van der Waals surface area contributed by atoms with Crippen LogP contribution in [0.5, 0.6) is 11.5 Å². The van der Waals surface area contributed by atoms with Gasteiger partial charge in [0.2, 0.25) is 5.95 Å². The molecule has 1 saturated carbocycles. The number of nitrogens with zero attached hydrogens (tertiary/aromatic N) is 7. The Bertz CT molecular complexity index is 2450. The molecule has 314 valence electrons. The van der Waals surface area contributed by atoms with E-state index in [2.05, 4.69) is 32.0 Å². The highest BCUT2D eigenvalue weighted by Gasteiger charge is 2.44. The van der Waals surface area contributed by atoms with Crippen LogP contribution in [0.4, 0.5) is 5.95 Å². The third-order valence-corrected chi connectivity index (χ3v) is 12.4. The summed E-state index contributed by atoms with van der Waals surface area (Å²) in [6.07, 6.45) is 3.08. The molecule has 0 bridgehead atoms. The molecular weight excluding hydrogens is 792 g/mol. The molecule has 1 unspecified atom stereocenters. The monoisotopic (exact) mass is 838 g/mol. The van der Waals surface area contributed by atoms with Crippen molar-refractivity contribution < 1.29 is 33.4 Å². The molecule has 2 aromatic carbocycles. The number of amides is 3. The van der Waals surface area contributed by atoms with Crippen molar-refractivity contribution in [2.45, 2.75) is 63.7 Å². The Morgan fingerprint density at radius 2 is 1.75 bits per heavy atom. The summed E-state index contributed by atoms with van der Waals surface area (Å²) >= 11 is 6.64. The second-order valence-corrected chi connectivity index (χ2v) is 16.2. The molecule has 1 N–H and O–H groups in total. The molecule has 3 amide bonds. The van der Waals surface area contributed by atoms with Gasteiger partial charge in [-0.15, -0.1) is 0 Å². The van der Waals surface area contributed by atoms with Crippen LogP contribution < -0.4 is 25.2 Å². The molecule has 1 aliphatic carbocycles. The van der Waals surface area contributed by atoms with E-state index in [-0.39, 0.29) is 66.0 Å². The number of carbonyl (C=O) groups excluding carboxylic acids is 5. The van der Waals surface area contributed by atoms with Gasteiger partial charge < -0.3 is 24.3 Å². The maximum atomic E-state index is 13.3. The van der Waals surface area contributed by atoms with Crippen molar-refractivity contribution >= 4 is 57.7 Å². The number of imide groups is 1. The highest BCUT2D eigenvalue weighted by molar-refractivity contribution is 6.31. The van der Waals surface area contributed by atoms with Gasteiger partial charge in [-0.25, -0.2) is 9.97 Å². The molecule has 2 aromatic heterocycles. The van der Waals surface area contributed by atoms with Crippen molar-refractivity contribution in [3.05, 3.63) is 86.4 Å². The Kier molecular flexibility index (Phi) is 11.7. The number of ether oxygens (including phenoxy) is 2. The lowest BCUT2D eigenvalue weighted by Crippen LogP contribution is -2.51. The van der Waals surface area contributed by atoms with Gasteiger partial charge in [0.05, 0.1) is 46.0 Å². The quantitative estimate of drug-likeness (QED) is 0.163. The van der Waals surface area contributed by atoms with E-state index in [1.54, 1.807) is 35.0 Å². The number of likely N-dealkylation sites (N-methyl/N-ethyl adjacent to an activating group) is 2. The Hall–Kier alpha value is -5.71. The third kappa shape index (κ3) is 8.10. The van der Waals surface area contributed by atoms with Crippen molar-refractivity contribution in [2.75, 3.05) is 64.9 Å². The van der Waals surface area contributed by atoms with Crippen LogP contribution in [-0.2, 0) is 27.3 Å². The molecule has 0 spiro atoms. The number of aryl methyl sites for hydroxylation is 1. The average molecular weight is 839 g/mol. The molecule has 16 nitrogen and oxygen atoms in total. The smallest absolute Gasteiger partial charge is 0.293 e. The Morgan fingerprint density at radius 1 is 0.967 bits per heavy atom. The second kappa shape index (κ2) is 17.1. The number of nitrogens with one attached hydrogen (secondary N) is 1. The van der Waals surface area contributed by atoms with Crippen molar-refractivity contribution in [1.82, 2.24) is 34.6 Å². The highest BCUT2D eigenvalue weighted by Crippen LogP contribution is 2.32. The number of piperazine rings is 1. The molecule has 4 aromatic rings. The number of hydrogen-bond acceptors (Lipinski definition) is 13. The van der Waals surface area contributed by atoms with Crippen LogP contribution in [0.25, 0.3) is 10.9 Å². The molecule has 0 radical (unpaired) electrons. The van der Waals surface area contributed by atoms with Gasteiger partial charge in [-0.1, -0.05) is 17.7 Å². The number of benzene rings is 2. The van der Waals surface area contributed by atoms with Gasteiger partial charge in [-0.2, -0.15) is 0 Å². The number of likely N-dealkylation sites (tertiary alicyclic amines) is 1. The summed E-state index contributed by atoms with van der Waals surface area (Å²) in [5.41, 5.74) is 2.56. The van der Waals surface area contributed by atoms with Crippen molar-refractivity contribution in [3.8, 4) is 11.5 Å². The highest BCUT2D eigenvalue weighted by atomic mass is 35.5. The summed E-state index contributed by atoms with van der Waals surface area (Å²) in [5, 5.41) is 3.76. The number of ketones is 2. The standard InChI is InChI=1S/C43H47ClN8O8/c1-4-51-35-9-5-25(15-26(35)17-38(42(51)58)60-24-39(55)45-2)16-34-33(44)21-46-43(47-34)50-13-11-49(12-14-50)27-18-28(48(3)22-27)23-59-30-7-8-31-32(20-30)41(57)52(40(31)56)36-10-6-29(53)19-37(36)54/h5,7-9,15,17,20-21,27-28,36H,4,6,10-14,16,18-19,22-24H2,1-3H3,(H,45,55)/t27-,28+,36?/m1/s1. The van der Waals surface area contributed by atoms with E-state index in [0.29, 0.717) is 48.0 Å². The van der Waals surface area contributed by atoms with E-state index < -0.39 is 23.6 Å². The zero-order chi connectivity index (χ0) is 42.2. The maximum Gasteiger partial charge on any atom is 0.293 e. The summed E-state index contributed by atoms with van der Waals surface area (Å²) in [4.78, 5) is 93.0. The number of rotatable bonds is 12. The first-order chi connectivity index (χ1) is 28.9. The molecule has 3 fully saturated rings. The molecular formula is C43H47ClN8O8. The average Bonchev–Trinajstić information content (AvgIpc) is 3.74. The van der Waals surface area contributed by atoms with Crippen molar-refractivity contribution in [3.63, 3.8) is 0 Å². The summed E-state index contributed by atoms with van der Waals surface area (Å²) in [6, 6.07) is 11.9. The van der Waals surface area contributed by atoms with Gasteiger partial charge in [0, 0.05) is 76.6 Å². The lowest BCUT2D eigenvalue weighted by atomic mass is 9.92. The molecule has 17 heteroatoms. The zero-order valence-electron chi connectivity index (χ0n) is 33.8. The van der Waals surface area contributed by atoms with Gasteiger partial charge in [-0.05, 0) is 68.8 Å². The number of carbonyl (C=O) groups is 5. The number of anilines is 1. The lowest BCUT2D eigenvalue weighted by molar-refractivity contribution is -0.132. The van der Waals surface area contributed by atoms with Gasteiger partial charge in [0.1, 0.15) is 18.1 Å². The molecule has 4 aliphatic rings. The van der Waals surface area contributed by atoms with E-state index >= 15 is 0 Å². The van der Waals surface area contributed by atoms with Crippen LogP contribution in [0.1, 0.15) is 64.6 Å². The second-order valence-electron chi connectivity index (χ2n) is 15.8. The Morgan fingerprint density at radius 3 is 2.50 bits per heavy atom. The van der Waals surface area contributed by atoms with Crippen LogP contribution in [0.3, 0.4) is 0 Å². The number of halogens is 1. The fourth-order valence-electron chi connectivity index (χ4n) is 8.75. The summed E-state index contributed by atoms with van der Waals surface area (Å²) in [5.74, 6) is -0.715. The van der Waals surface area contributed by atoms with Crippen LogP contribution >= 0.6 is 11.6 Å². The molecule has 3 atom stereocenters. The summed E-state index contributed by atoms with van der Waals surface area (Å²) < 4.78 is 13.4. The maximum absolute atomic E-state index is 13.3. The molecule has 2 saturated heterocycles. The summed E-state index contributed by atoms with van der Waals surface area (Å²) in [7, 11) is 3.60. The lowest BCUT2D eigenvalue weighted by Gasteiger charge is -2.38. The van der Waals surface area contributed by atoms with Crippen LogP contribution in [0.2, 0.25) is 5.02 Å². The zero-order valence-corrected chi connectivity index (χ0v) is 34.6. The summed E-state index contributed by atoms with van der Waals surface area (Å²) in [6.45, 7) is 6.50. The molecule has 5 heterocycles. The van der Waals surface area contributed by atoms with E-state index in [0.717, 1.165) is 60.5 Å². The van der Waals surface area contributed by atoms with Crippen LogP contribution in [0, 0.1) is 0 Å². The number of fused-ring (bicyclic) bond motifs is 2. The Labute approximate surface area is 351 Å². The van der Waals surface area contributed by atoms with E-state index in [9.17, 15) is 28.8 Å². The van der Waals surface area contributed by atoms with Crippen LogP contribution in [-0.4, -0.2) is 137 Å². The van der Waals surface area contributed by atoms with Gasteiger partial charge >= 0.3 is 0 Å². The number of aromatic nitrogens is 3. The number of pyridine rings is 1.